The molecule has 1 aromatic heterocycles. The van der Waals surface area contributed by atoms with E-state index in [2.05, 4.69) is 15.3 Å². The summed E-state index contributed by atoms with van der Waals surface area (Å²) in [7, 11) is 0. The molecular weight excluding hydrogens is 349 g/mol. The van der Waals surface area contributed by atoms with Gasteiger partial charge in [0.05, 0.1) is 27.0 Å². The maximum atomic E-state index is 13.0. The zero-order valence-corrected chi connectivity index (χ0v) is 14.6. The van der Waals surface area contributed by atoms with Gasteiger partial charge >= 0.3 is 0 Å². The fourth-order valence-electron chi connectivity index (χ4n) is 2.20. The summed E-state index contributed by atoms with van der Waals surface area (Å²) in [4.78, 5) is 20.0. The van der Waals surface area contributed by atoms with E-state index in [9.17, 15) is 9.18 Å². The lowest BCUT2D eigenvalue weighted by Gasteiger charge is -2.11. The van der Waals surface area contributed by atoms with Crippen molar-refractivity contribution in [2.24, 2.45) is 0 Å². The van der Waals surface area contributed by atoms with Crippen LogP contribution in [0.15, 0.2) is 41.6 Å². The number of aryl methyl sites for hydroxylation is 1. The Labute approximate surface area is 147 Å². The van der Waals surface area contributed by atoms with E-state index in [1.54, 1.807) is 6.92 Å². The number of hydrogen-bond donors (Lipinski definition) is 2. The van der Waals surface area contributed by atoms with Crippen molar-refractivity contribution in [1.82, 2.24) is 9.97 Å². The van der Waals surface area contributed by atoms with Crippen molar-refractivity contribution in [1.29, 1.82) is 0 Å². The van der Waals surface area contributed by atoms with E-state index in [-0.39, 0.29) is 10.9 Å². The summed E-state index contributed by atoms with van der Waals surface area (Å²) < 4.78 is 13.0. The molecule has 0 fully saturated rings. The number of anilines is 1. The van der Waals surface area contributed by atoms with Gasteiger partial charge in [0.25, 0.3) is 0 Å². The van der Waals surface area contributed by atoms with Crippen LogP contribution in [0.25, 0.3) is 11.0 Å². The van der Waals surface area contributed by atoms with E-state index in [1.165, 1.54) is 23.9 Å². The van der Waals surface area contributed by atoms with Crippen LogP contribution >= 0.6 is 23.4 Å². The Morgan fingerprint density at radius 1 is 1.33 bits per heavy atom. The summed E-state index contributed by atoms with van der Waals surface area (Å²) in [6.45, 7) is 3.78. The second-order valence-electron chi connectivity index (χ2n) is 5.44. The number of carbonyl (C=O) groups excluding carboxylic acids is 1. The van der Waals surface area contributed by atoms with E-state index in [1.807, 2.05) is 25.1 Å². The number of H-pyrrole nitrogens is 1. The minimum Gasteiger partial charge on any atom is -0.333 e. The molecule has 2 aromatic carbocycles. The van der Waals surface area contributed by atoms with Gasteiger partial charge in [0.15, 0.2) is 5.16 Å². The number of aromatic nitrogens is 2. The first-order valence-electron chi connectivity index (χ1n) is 7.31. The van der Waals surface area contributed by atoms with Crippen molar-refractivity contribution in [2.45, 2.75) is 24.3 Å². The quantitative estimate of drug-likeness (QED) is 0.655. The van der Waals surface area contributed by atoms with Crippen molar-refractivity contribution in [3.63, 3.8) is 0 Å². The van der Waals surface area contributed by atoms with Gasteiger partial charge in [-0.2, -0.15) is 0 Å². The number of benzene rings is 2. The van der Waals surface area contributed by atoms with E-state index in [4.69, 9.17) is 11.6 Å². The van der Waals surface area contributed by atoms with E-state index < -0.39 is 11.1 Å². The molecule has 0 bridgehead atoms. The van der Waals surface area contributed by atoms with Crippen LogP contribution in [0.1, 0.15) is 12.5 Å². The molecule has 24 heavy (non-hydrogen) atoms. The average Bonchev–Trinajstić information content (AvgIpc) is 2.91. The molecule has 4 nitrogen and oxygen atoms in total. The number of amides is 1. The van der Waals surface area contributed by atoms with E-state index in [0.717, 1.165) is 22.7 Å². The summed E-state index contributed by atoms with van der Waals surface area (Å²) in [5.41, 5.74) is 3.32. The fraction of sp³-hybridized carbons (Fsp3) is 0.176. The number of nitrogens with zero attached hydrogens (tertiary/aromatic N) is 1. The monoisotopic (exact) mass is 363 g/mol. The third-order valence-corrected chi connectivity index (χ3v) is 4.76. The minimum absolute atomic E-state index is 0.166. The molecule has 1 atom stereocenters. The maximum absolute atomic E-state index is 13.0. The molecular formula is C17H15ClFN3OS. The first-order chi connectivity index (χ1) is 11.4. The molecule has 0 saturated heterocycles. The lowest BCUT2D eigenvalue weighted by Crippen LogP contribution is -2.22. The van der Waals surface area contributed by atoms with Gasteiger partial charge in [0.1, 0.15) is 5.82 Å². The second-order valence-corrected chi connectivity index (χ2v) is 7.17. The Balaban J connectivity index is 1.70. The van der Waals surface area contributed by atoms with E-state index >= 15 is 0 Å². The Hall–Kier alpha value is -2.05. The third kappa shape index (κ3) is 3.71. The number of hydrogen-bond acceptors (Lipinski definition) is 3. The first kappa shape index (κ1) is 16.8. The van der Waals surface area contributed by atoms with Crippen molar-refractivity contribution in [3.05, 3.63) is 52.8 Å². The van der Waals surface area contributed by atoms with Gasteiger partial charge in [-0.1, -0.05) is 29.4 Å². The summed E-state index contributed by atoms with van der Waals surface area (Å²) in [6, 6.07) is 9.79. The predicted octanol–water partition coefficient (Wildman–Crippen LogP) is 4.78. The molecule has 124 valence electrons. The van der Waals surface area contributed by atoms with Crippen LogP contribution in [0.3, 0.4) is 0 Å². The summed E-state index contributed by atoms with van der Waals surface area (Å²) in [5, 5.41) is 3.14. The SMILES string of the molecule is Cc1ccc2nc(SC(C)C(=O)Nc3ccc(F)cc3Cl)[nH]c2c1. The molecule has 3 aromatic rings. The van der Waals surface area contributed by atoms with Crippen molar-refractivity contribution in [3.8, 4) is 0 Å². The maximum Gasteiger partial charge on any atom is 0.237 e. The van der Waals surface area contributed by atoms with Crippen molar-refractivity contribution >= 4 is 46.0 Å². The van der Waals surface area contributed by atoms with E-state index in [0.29, 0.717) is 10.8 Å². The third-order valence-electron chi connectivity index (χ3n) is 3.46. The molecule has 0 saturated carbocycles. The molecule has 0 spiro atoms. The molecule has 1 unspecified atom stereocenters. The van der Waals surface area contributed by atoms with Crippen LogP contribution in [0.2, 0.25) is 5.02 Å². The molecule has 1 heterocycles. The molecule has 3 rings (SSSR count). The first-order valence-corrected chi connectivity index (χ1v) is 8.57. The topological polar surface area (TPSA) is 57.8 Å². The van der Waals surface area contributed by atoms with Crippen LogP contribution in [-0.2, 0) is 4.79 Å². The Bertz CT molecular complexity index is 912. The van der Waals surface area contributed by atoms with Gasteiger partial charge in [0, 0.05) is 0 Å². The van der Waals surface area contributed by atoms with Crippen LogP contribution in [-0.4, -0.2) is 21.1 Å². The molecule has 2 N–H and O–H groups in total. The highest BCUT2D eigenvalue weighted by molar-refractivity contribution is 8.00. The summed E-state index contributed by atoms with van der Waals surface area (Å²) in [6.07, 6.45) is 0. The second kappa shape index (κ2) is 6.83. The van der Waals surface area contributed by atoms with Gasteiger partial charge in [0.2, 0.25) is 5.91 Å². The lowest BCUT2D eigenvalue weighted by atomic mass is 10.2. The van der Waals surface area contributed by atoms with Crippen molar-refractivity contribution < 1.29 is 9.18 Å². The number of rotatable bonds is 4. The molecule has 0 radical (unpaired) electrons. The Morgan fingerprint density at radius 2 is 2.12 bits per heavy atom. The molecule has 0 aliphatic carbocycles. The average molecular weight is 364 g/mol. The fourth-order valence-corrected chi connectivity index (χ4v) is 3.24. The Morgan fingerprint density at radius 3 is 2.88 bits per heavy atom. The number of halogens is 2. The smallest absolute Gasteiger partial charge is 0.237 e. The van der Waals surface area contributed by atoms with Gasteiger partial charge in [-0.15, -0.1) is 0 Å². The minimum atomic E-state index is -0.446. The highest BCUT2D eigenvalue weighted by atomic mass is 35.5. The highest BCUT2D eigenvalue weighted by Gasteiger charge is 2.18. The predicted molar refractivity (Wildman–Crippen MR) is 96.2 cm³/mol. The standard InChI is InChI=1S/C17H15ClFN3OS/c1-9-3-5-14-15(7-9)22-17(21-14)24-10(2)16(23)20-13-6-4-11(19)8-12(13)18/h3-8,10H,1-2H3,(H,20,23)(H,21,22). The highest BCUT2D eigenvalue weighted by Crippen LogP contribution is 2.27. The normalized spacial score (nSPS) is 12.3. The van der Waals surface area contributed by atoms with Gasteiger partial charge in [-0.3, -0.25) is 4.79 Å². The van der Waals surface area contributed by atoms with Crippen molar-refractivity contribution in [2.75, 3.05) is 5.32 Å². The largest absolute Gasteiger partial charge is 0.333 e. The summed E-state index contributed by atoms with van der Waals surface area (Å²) in [5.74, 6) is -0.678. The number of aromatic amines is 1. The molecule has 0 aliphatic rings. The van der Waals surface area contributed by atoms with Crippen LogP contribution < -0.4 is 5.32 Å². The zero-order valence-electron chi connectivity index (χ0n) is 13.1. The van der Waals surface area contributed by atoms with Crippen LogP contribution in [0, 0.1) is 12.7 Å². The van der Waals surface area contributed by atoms with Crippen LogP contribution in [0.5, 0.6) is 0 Å². The molecule has 7 heteroatoms. The number of fused-ring (bicyclic) bond motifs is 1. The van der Waals surface area contributed by atoms with Gasteiger partial charge < -0.3 is 10.3 Å². The van der Waals surface area contributed by atoms with Crippen LogP contribution in [0.4, 0.5) is 10.1 Å². The summed E-state index contributed by atoms with van der Waals surface area (Å²) >= 11 is 7.24. The number of nitrogens with one attached hydrogen (secondary N) is 2. The molecule has 1 amide bonds. The zero-order chi connectivity index (χ0) is 17.3. The Kier molecular flexibility index (Phi) is 4.78. The van der Waals surface area contributed by atoms with Gasteiger partial charge in [-0.05, 0) is 49.7 Å². The number of thioether (sulfide) groups is 1. The number of imidazole rings is 1. The lowest BCUT2D eigenvalue weighted by molar-refractivity contribution is -0.115. The molecule has 0 aliphatic heterocycles. The number of carbonyl (C=O) groups is 1. The van der Waals surface area contributed by atoms with Gasteiger partial charge in [-0.25, -0.2) is 9.37 Å².